The fourth-order valence-electron chi connectivity index (χ4n) is 8.54. The lowest BCUT2D eigenvalue weighted by Crippen LogP contribution is -1.94. The van der Waals surface area contributed by atoms with Crippen molar-refractivity contribution in [3.8, 4) is 34.0 Å². The third-order valence-corrected chi connectivity index (χ3v) is 11.0. The Morgan fingerprint density at radius 1 is 0.352 bits per heavy atom. The van der Waals surface area contributed by atoms with Crippen LogP contribution in [0.15, 0.2) is 185 Å². The molecule has 0 aliphatic heterocycles. The summed E-state index contributed by atoms with van der Waals surface area (Å²) in [5.41, 5.74) is 13.6. The average molecular weight is 692 g/mol. The topological polar surface area (TPSA) is 49.0 Å². The second kappa shape index (κ2) is 11.1. The Bertz CT molecular complexity index is 3400. The van der Waals surface area contributed by atoms with Crippen LogP contribution >= 0.6 is 0 Å². The van der Waals surface area contributed by atoms with E-state index in [-0.39, 0.29) is 0 Å². The van der Waals surface area contributed by atoms with Crippen molar-refractivity contribution < 1.29 is 8.83 Å². The van der Waals surface area contributed by atoms with Crippen molar-refractivity contribution in [1.82, 2.24) is 14.1 Å². The lowest BCUT2D eigenvalue weighted by molar-refractivity contribution is 0.620. The highest BCUT2D eigenvalue weighted by molar-refractivity contribution is 6.27. The molecule has 0 saturated carbocycles. The van der Waals surface area contributed by atoms with Gasteiger partial charge in [0.05, 0.1) is 22.1 Å². The summed E-state index contributed by atoms with van der Waals surface area (Å²) in [6, 6.07) is 62.1. The van der Waals surface area contributed by atoms with Gasteiger partial charge < -0.3 is 18.0 Å². The molecule has 0 spiro atoms. The SMILES string of the molecule is c1ccc(-n2c3ccc(-c4ccc5c(c4)c4ccccc4n5-c4ccc(-c5nc6ccccc6o5)cc4)cc3c3c4c(ccc32)oc2ccccc24)cc1. The van der Waals surface area contributed by atoms with E-state index in [0.717, 1.165) is 72.0 Å². The standard InChI is InChI=1S/C49H29N3O2/c1-2-10-33(11-3-1)52-42-25-21-32(29-38(42)47-43(52)26-27-46-48(47)36-13-5-8-16-44(36)53-46)31-20-24-41-37(28-31)35-12-4-7-15-40(35)51(41)34-22-18-30(19-23-34)49-50-39-14-6-9-17-45(39)54-49/h1-29H. The molecular formula is C49H29N3O2. The average Bonchev–Trinajstić information content (AvgIpc) is 4.00. The molecule has 12 aromatic rings. The predicted molar refractivity (Wildman–Crippen MR) is 221 cm³/mol. The highest BCUT2D eigenvalue weighted by atomic mass is 16.3. The number of rotatable bonds is 4. The van der Waals surface area contributed by atoms with Crippen LogP contribution in [0, 0.1) is 0 Å². The molecule has 8 aromatic carbocycles. The van der Waals surface area contributed by atoms with Crippen LogP contribution in [0.3, 0.4) is 0 Å². The van der Waals surface area contributed by atoms with Gasteiger partial charge in [0.25, 0.3) is 0 Å². The molecule has 0 bridgehead atoms. The van der Waals surface area contributed by atoms with Gasteiger partial charge in [0.1, 0.15) is 16.7 Å². The van der Waals surface area contributed by atoms with Crippen LogP contribution in [0.2, 0.25) is 0 Å². The molecule has 54 heavy (non-hydrogen) atoms. The maximum atomic E-state index is 6.39. The van der Waals surface area contributed by atoms with Gasteiger partial charge in [-0.15, -0.1) is 0 Å². The number of fused-ring (bicyclic) bond motifs is 11. The molecule has 0 radical (unpaired) electrons. The van der Waals surface area contributed by atoms with Gasteiger partial charge in [-0.1, -0.05) is 78.9 Å². The van der Waals surface area contributed by atoms with E-state index in [1.165, 1.54) is 32.7 Å². The summed E-state index contributed by atoms with van der Waals surface area (Å²) in [5.74, 6) is 0.625. The summed E-state index contributed by atoms with van der Waals surface area (Å²) in [7, 11) is 0. The summed E-state index contributed by atoms with van der Waals surface area (Å²) >= 11 is 0. The van der Waals surface area contributed by atoms with Crippen LogP contribution in [0.5, 0.6) is 0 Å². The van der Waals surface area contributed by atoms with Crippen LogP contribution in [-0.4, -0.2) is 14.1 Å². The van der Waals surface area contributed by atoms with E-state index in [4.69, 9.17) is 13.8 Å². The Morgan fingerprint density at radius 3 is 1.76 bits per heavy atom. The first kappa shape index (κ1) is 29.2. The molecule has 0 fully saturated rings. The summed E-state index contributed by atoms with van der Waals surface area (Å²) in [5, 5.41) is 7.11. The van der Waals surface area contributed by atoms with Crippen LogP contribution in [0.1, 0.15) is 0 Å². The second-order valence-corrected chi connectivity index (χ2v) is 14.0. The van der Waals surface area contributed by atoms with Gasteiger partial charge in [0.2, 0.25) is 5.89 Å². The quantitative estimate of drug-likeness (QED) is 0.185. The fraction of sp³-hybridized carbons (Fsp3) is 0. The van der Waals surface area contributed by atoms with Crippen molar-refractivity contribution in [2.75, 3.05) is 0 Å². The molecule has 4 heterocycles. The molecule has 0 aliphatic rings. The minimum atomic E-state index is 0.625. The number of hydrogen-bond acceptors (Lipinski definition) is 3. The smallest absolute Gasteiger partial charge is 0.227 e. The zero-order valence-corrected chi connectivity index (χ0v) is 28.9. The Hall–Kier alpha value is -7.37. The van der Waals surface area contributed by atoms with Gasteiger partial charge in [-0.25, -0.2) is 4.98 Å². The molecule has 252 valence electrons. The monoisotopic (exact) mass is 691 g/mol. The Kier molecular flexibility index (Phi) is 5.99. The Balaban J connectivity index is 1.04. The minimum absolute atomic E-state index is 0.625. The summed E-state index contributed by atoms with van der Waals surface area (Å²) in [6.45, 7) is 0. The van der Waals surface area contributed by atoms with Crippen molar-refractivity contribution in [2.24, 2.45) is 0 Å². The molecule has 0 aliphatic carbocycles. The summed E-state index contributed by atoms with van der Waals surface area (Å²) in [4.78, 5) is 4.71. The van der Waals surface area contributed by atoms with Crippen LogP contribution < -0.4 is 0 Å². The van der Waals surface area contributed by atoms with Gasteiger partial charge in [-0.05, 0) is 108 Å². The van der Waals surface area contributed by atoms with E-state index in [1.54, 1.807) is 0 Å². The van der Waals surface area contributed by atoms with Crippen LogP contribution in [0.4, 0.5) is 0 Å². The third-order valence-electron chi connectivity index (χ3n) is 11.0. The molecular weight excluding hydrogens is 663 g/mol. The summed E-state index contributed by atoms with van der Waals surface area (Å²) < 4.78 is 17.2. The van der Waals surface area contributed by atoms with Crippen molar-refractivity contribution in [1.29, 1.82) is 0 Å². The second-order valence-electron chi connectivity index (χ2n) is 14.0. The van der Waals surface area contributed by atoms with E-state index < -0.39 is 0 Å². The normalized spacial score (nSPS) is 12.1. The van der Waals surface area contributed by atoms with Crippen molar-refractivity contribution in [3.63, 3.8) is 0 Å². The third kappa shape index (κ3) is 4.18. The summed E-state index contributed by atoms with van der Waals surface area (Å²) in [6.07, 6.45) is 0. The highest BCUT2D eigenvalue weighted by Crippen LogP contribution is 2.43. The van der Waals surface area contributed by atoms with Crippen LogP contribution in [-0.2, 0) is 0 Å². The Morgan fingerprint density at radius 2 is 0.944 bits per heavy atom. The maximum absolute atomic E-state index is 6.39. The molecule has 0 unspecified atom stereocenters. The number of para-hydroxylation sites is 5. The maximum Gasteiger partial charge on any atom is 0.227 e. The molecule has 0 atom stereocenters. The Labute approximate surface area is 308 Å². The molecule has 0 saturated heterocycles. The molecule has 4 aromatic heterocycles. The molecule has 0 amide bonds. The highest BCUT2D eigenvalue weighted by Gasteiger charge is 2.20. The lowest BCUT2D eigenvalue weighted by Gasteiger charge is -2.10. The first-order valence-electron chi connectivity index (χ1n) is 18.2. The number of nitrogens with zero attached hydrogens (tertiary/aromatic N) is 3. The van der Waals surface area contributed by atoms with Gasteiger partial charge in [-0.3, -0.25) is 0 Å². The largest absolute Gasteiger partial charge is 0.456 e. The zero-order valence-electron chi connectivity index (χ0n) is 28.9. The molecule has 0 N–H and O–H groups in total. The van der Waals surface area contributed by atoms with Gasteiger partial charge in [0, 0.05) is 49.3 Å². The molecule has 5 heteroatoms. The predicted octanol–water partition coefficient (Wildman–Crippen LogP) is 13.3. The van der Waals surface area contributed by atoms with Gasteiger partial charge >= 0.3 is 0 Å². The van der Waals surface area contributed by atoms with E-state index in [1.807, 2.05) is 30.3 Å². The fourth-order valence-corrected chi connectivity index (χ4v) is 8.54. The first-order valence-corrected chi connectivity index (χ1v) is 18.2. The van der Waals surface area contributed by atoms with E-state index in [0.29, 0.717) is 5.89 Å². The molecule has 5 nitrogen and oxygen atoms in total. The minimum Gasteiger partial charge on any atom is -0.456 e. The lowest BCUT2D eigenvalue weighted by atomic mass is 9.99. The molecule has 12 rings (SSSR count). The number of aromatic nitrogens is 3. The van der Waals surface area contributed by atoms with Crippen molar-refractivity contribution in [3.05, 3.63) is 176 Å². The first-order chi connectivity index (χ1) is 26.8. The van der Waals surface area contributed by atoms with Crippen LogP contribution in [0.25, 0.3) is 111 Å². The van der Waals surface area contributed by atoms with Crippen molar-refractivity contribution in [2.45, 2.75) is 0 Å². The van der Waals surface area contributed by atoms with E-state index >= 15 is 0 Å². The van der Waals surface area contributed by atoms with Gasteiger partial charge in [0.15, 0.2) is 5.58 Å². The van der Waals surface area contributed by atoms with E-state index in [9.17, 15) is 0 Å². The van der Waals surface area contributed by atoms with E-state index in [2.05, 4.69) is 155 Å². The van der Waals surface area contributed by atoms with Gasteiger partial charge in [-0.2, -0.15) is 0 Å². The number of furan rings is 1. The number of oxazole rings is 1. The number of benzene rings is 8. The van der Waals surface area contributed by atoms with Crippen molar-refractivity contribution >= 4 is 76.6 Å². The zero-order chi connectivity index (χ0) is 35.3. The number of hydrogen-bond donors (Lipinski definition) is 0.